The van der Waals surface area contributed by atoms with Gasteiger partial charge in [0.05, 0.1) is 16.9 Å². The fraction of sp³-hybridized carbons (Fsp3) is 0.357. The third kappa shape index (κ3) is 3.55. The van der Waals surface area contributed by atoms with Crippen molar-refractivity contribution in [2.45, 2.75) is 20.4 Å². The van der Waals surface area contributed by atoms with E-state index in [1.54, 1.807) is 18.3 Å². The van der Waals surface area contributed by atoms with E-state index in [4.69, 9.17) is 11.6 Å². The van der Waals surface area contributed by atoms with Crippen LogP contribution in [0.1, 0.15) is 19.4 Å². The third-order valence-corrected chi connectivity index (χ3v) is 3.08. The standard InChI is InChI=1S/C14H17ClFN3/c1-9(2)6-17-7-11-8-18-19-14(11)10-3-4-13(16)12(15)5-10/h3-5,8-9,17H,6-7H2,1-2H3,(H,18,19). The van der Waals surface area contributed by atoms with Gasteiger partial charge in [0.2, 0.25) is 0 Å². The van der Waals surface area contributed by atoms with Crippen molar-refractivity contribution >= 4 is 11.6 Å². The summed E-state index contributed by atoms with van der Waals surface area (Å²) in [7, 11) is 0. The molecule has 19 heavy (non-hydrogen) atoms. The molecule has 3 nitrogen and oxygen atoms in total. The van der Waals surface area contributed by atoms with E-state index in [-0.39, 0.29) is 5.02 Å². The minimum Gasteiger partial charge on any atom is -0.312 e. The van der Waals surface area contributed by atoms with Gasteiger partial charge in [-0.25, -0.2) is 4.39 Å². The van der Waals surface area contributed by atoms with Gasteiger partial charge in [-0.05, 0) is 30.7 Å². The molecule has 0 unspecified atom stereocenters. The first kappa shape index (κ1) is 14.0. The van der Waals surface area contributed by atoms with Crippen LogP contribution in [0, 0.1) is 11.7 Å². The van der Waals surface area contributed by atoms with E-state index in [0.29, 0.717) is 5.92 Å². The Morgan fingerprint density at radius 3 is 2.89 bits per heavy atom. The maximum Gasteiger partial charge on any atom is 0.141 e. The van der Waals surface area contributed by atoms with Crippen LogP contribution in [0.2, 0.25) is 5.02 Å². The average molecular weight is 282 g/mol. The predicted molar refractivity (Wildman–Crippen MR) is 75.5 cm³/mol. The normalized spacial score (nSPS) is 11.2. The van der Waals surface area contributed by atoms with Crippen LogP contribution in [0.4, 0.5) is 4.39 Å². The zero-order valence-corrected chi connectivity index (χ0v) is 11.8. The topological polar surface area (TPSA) is 40.7 Å². The molecular formula is C14H17ClFN3. The molecule has 0 aliphatic heterocycles. The maximum absolute atomic E-state index is 13.2. The molecule has 0 saturated heterocycles. The van der Waals surface area contributed by atoms with E-state index in [1.807, 2.05) is 0 Å². The van der Waals surface area contributed by atoms with E-state index < -0.39 is 5.82 Å². The SMILES string of the molecule is CC(C)CNCc1cn[nH]c1-c1ccc(F)c(Cl)c1. The van der Waals surface area contributed by atoms with Gasteiger partial charge in [-0.1, -0.05) is 25.4 Å². The lowest BCUT2D eigenvalue weighted by atomic mass is 10.1. The van der Waals surface area contributed by atoms with Crippen molar-refractivity contribution in [1.29, 1.82) is 0 Å². The highest BCUT2D eigenvalue weighted by molar-refractivity contribution is 6.31. The summed E-state index contributed by atoms with van der Waals surface area (Å²) in [5.41, 5.74) is 2.76. The number of aromatic amines is 1. The quantitative estimate of drug-likeness (QED) is 0.879. The monoisotopic (exact) mass is 281 g/mol. The number of hydrogen-bond acceptors (Lipinski definition) is 2. The van der Waals surface area contributed by atoms with Gasteiger partial charge in [0, 0.05) is 17.7 Å². The van der Waals surface area contributed by atoms with E-state index in [9.17, 15) is 4.39 Å². The number of aromatic nitrogens is 2. The molecule has 1 heterocycles. The van der Waals surface area contributed by atoms with Gasteiger partial charge in [-0.2, -0.15) is 5.10 Å². The molecule has 0 atom stereocenters. The van der Waals surface area contributed by atoms with Gasteiger partial charge in [0.1, 0.15) is 5.82 Å². The number of hydrogen-bond donors (Lipinski definition) is 2. The lowest BCUT2D eigenvalue weighted by molar-refractivity contribution is 0.553. The summed E-state index contributed by atoms with van der Waals surface area (Å²) in [4.78, 5) is 0. The Balaban J connectivity index is 2.16. The zero-order chi connectivity index (χ0) is 13.8. The molecule has 0 amide bonds. The molecule has 1 aromatic heterocycles. The van der Waals surface area contributed by atoms with Crippen LogP contribution in [-0.4, -0.2) is 16.7 Å². The van der Waals surface area contributed by atoms with E-state index in [2.05, 4.69) is 29.4 Å². The minimum atomic E-state index is -0.413. The van der Waals surface area contributed by atoms with Crippen LogP contribution in [-0.2, 0) is 6.54 Å². The molecule has 0 fully saturated rings. The molecule has 0 saturated carbocycles. The number of benzene rings is 1. The van der Waals surface area contributed by atoms with Crippen LogP contribution in [0.15, 0.2) is 24.4 Å². The molecule has 1 aromatic carbocycles. The molecule has 0 aliphatic carbocycles. The van der Waals surface area contributed by atoms with Crippen LogP contribution in [0.5, 0.6) is 0 Å². The Bertz CT molecular complexity index is 551. The van der Waals surface area contributed by atoms with Crippen LogP contribution < -0.4 is 5.32 Å². The highest BCUT2D eigenvalue weighted by atomic mass is 35.5. The Labute approximate surface area is 117 Å². The van der Waals surface area contributed by atoms with Crippen molar-refractivity contribution in [3.05, 3.63) is 40.8 Å². The van der Waals surface area contributed by atoms with Crippen molar-refractivity contribution in [3.63, 3.8) is 0 Å². The van der Waals surface area contributed by atoms with Gasteiger partial charge in [-0.15, -0.1) is 0 Å². The average Bonchev–Trinajstić information content (AvgIpc) is 2.80. The lowest BCUT2D eigenvalue weighted by Gasteiger charge is -2.08. The Morgan fingerprint density at radius 1 is 1.42 bits per heavy atom. The molecule has 0 spiro atoms. The highest BCUT2D eigenvalue weighted by Crippen LogP contribution is 2.25. The number of rotatable bonds is 5. The van der Waals surface area contributed by atoms with E-state index >= 15 is 0 Å². The maximum atomic E-state index is 13.2. The van der Waals surface area contributed by atoms with Crippen LogP contribution in [0.25, 0.3) is 11.3 Å². The minimum absolute atomic E-state index is 0.119. The summed E-state index contributed by atoms with van der Waals surface area (Å²) in [6, 6.07) is 4.67. The van der Waals surface area contributed by atoms with Gasteiger partial charge in [0.15, 0.2) is 0 Å². The molecule has 102 valence electrons. The summed E-state index contributed by atoms with van der Waals surface area (Å²) in [5.74, 6) is 0.181. The summed E-state index contributed by atoms with van der Waals surface area (Å²) < 4.78 is 13.2. The molecule has 5 heteroatoms. The van der Waals surface area contributed by atoms with E-state index in [0.717, 1.165) is 29.9 Å². The molecular weight excluding hydrogens is 265 g/mol. The van der Waals surface area contributed by atoms with Gasteiger partial charge in [-0.3, -0.25) is 5.10 Å². The second-order valence-corrected chi connectivity index (χ2v) is 5.33. The predicted octanol–water partition coefficient (Wildman–Crippen LogP) is 3.61. The Morgan fingerprint density at radius 2 is 2.21 bits per heavy atom. The second-order valence-electron chi connectivity index (χ2n) is 4.92. The van der Waals surface area contributed by atoms with Crippen molar-refractivity contribution in [1.82, 2.24) is 15.5 Å². The fourth-order valence-corrected chi connectivity index (χ4v) is 2.02. The Hall–Kier alpha value is -1.39. The summed E-state index contributed by atoms with van der Waals surface area (Å²) in [5, 5.41) is 10.5. The van der Waals surface area contributed by atoms with Crippen molar-refractivity contribution < 1.29 is 4.39 Å². The number of H-pyrrole nitrogens is 1. The molecule has 2 N–H and O–H groups in total. The largest absolute Gasteiger partial charge is 0.312 e. The summed E-state index contributed by atoms with van der Waals surface area (Å²) in [6.07, 6.45) is 1.78. The second kappa shape index (κ2) is 6.17. The van der Waals surface area contributed by atoms with Crippen molar-refractivity contribution in [2.75, 3.05) is 6.54 Å². The smallest absolute Gasteiger partial charge is 0.141 e. The highest BCUT2D eigenvalue weighted by Gasteiger charge is 2.09. The molecule has 0 aliphatic rings. The third-order valence-electron chi connectivity index (χ3n) is 2.79. The first-order chi connectivity index (χ1) is 9.08. The van der Waals surface area contributed by atoms with Gasteiger partial charge < -0.3 is 5.32 Å². The molecule has 0 radical (unpaired) electrons. The first-order valence-corrected chi connectivity index (χ1v) is 6.64. The first-order valence-electron chi connectivity index (χ1n) is 6.26. The molecule has 2 rings (SSSR count). The van der Waals surface area contributed by atoms with E-state index in [1.165, 1.54) is 6.07 Å². The molecule has 2 aromatic rings. The summed E-state index contributed by atoms with van der Waals surface area (Å²) in [6.45, 7) is 5.97. The van der Waals surface area contributed by atoms with Crippen LogP contribution >= 0.6 is 11.6 Å². The van der Waals surface area contributed by atoms with Crippen LogP contribution in [0.3, 0.4) is 0 Å². The number of nitrogens with zero attached hydrogens (tertiary/aromatic N) is 1. The zero-order valence-electron chi connectivity index (χ0n) is 11.0. The number of halogens is 2. The Kier molecular flexibility index (Phi) is 4.56. The van der Waals surface area contributed by atoms with Gasteiger partial charge in [0.25, 0.3) is 0 Å². The number of nitrogens with one attached hydrogen (secondary N) is 2. The lowest BCUT2D eigenvalue weighted by Crippen LogP contribution is -2.19. The van der Waals surface area contributed by atoms with Crippen molar-refractivity contribution in [2.24, 2.45) is 5.92 Å². The fourth-order valence-electron chi connectivity index (χ4n) is 1.84. The van der Waals surface area contributed by atoms with Crippen molar-refractivity contribution in [3.8, 4) is 11.3 Å². The molecule has 0 bridgehead atoms. The summed E-state index contributed by atoms with van der Waals surface area (Å²) >= 11 is 5.80. The van der Waals surface area contributed by atoms with Gasteiger partial charge >= 0.3 is 0 Å².